The number of aromatic nitrogens is 1. The van der Waals surface area contributed by atoms with Crippen molar-refractivity contribution in [2.75, 3.05) is 14.1 Å². The minimum atomic E-state index is -1.44. The van der Waals surface area contributed by atoms with Gasteiger partial charge in [-0.25, -0.2) is 0 Å². The summed E-state index contributed by atoms with van der Waals surface area (Å²) in [6.45, 7) is -1.44. The second kappa shape index (κ2) is 3.23. The van der Waals surface area contributed by atoms with Gasteiger partial charge in [0.25, 0.3) is 0 Å². The molecule has 2 heteroatoms. The fourth-order valence-electron chi connectivity index (χ4n) is 1.40. The van der Waals surface area contributed by atoms with Gasteiger partial charge in [0.15, 0.2) is 0 Å². The maximum absolute atomic E-state index is 7.99. The van der Waals surface area contributed by atoms with E-state index in [1.165, 1.54) is 0 Å². The maximum atomic E-state index is 7.99. The molecular weight excluding hydrogens is 160 g/mol. The Kier molecular flexibility index (Phi) is 1.54. The highest BCUT2D eigenvalue weighted by Crippen LogP contribution is 2.18. The van der Waals surface area contributed by atoms with Crippen LogP contribution in [-0.4, -0.2) is 24.0 Å². The molecule has 0 amide bonds. The molecule has 0 aliphatic carbocycles. The van der Waals surface area contributed by atoms with Crippen LogP contribution in [0.2, 0.25) is 0 Å². The maximum Gasteiger partial charge on any atom is 0.0482 e. The number of nitrogens with zero attached hydrogens (tertiary/aromatic N) is 1. The number of H-pyrrole nitrogens is 1. The molecule has 68 valence electrons. The van der Waals surface area contributed by atoms with E-state index in [2.05, 4.69) is 4.98 Å². The zero-order valence-electron chi connectivity index (χ0n) is 9.83. The van der Waals surface area contributed by atoms with Crippen LogP contribution in [0.15, 0.2) is 30.5 Å². The summed E-state index contributed by atoms with van der Waals surface area (Å²) < 4.78 is 16.0. The van der Waals surface area contributed by atoms with E-state index in [0.29, 0.717) is 5.56 Å². The van der Waals surface area contributed by atoms with Gasteiger partial charge in [0, 0.05) is 26.3 Å². The molecular formula is C11H14N2. The Hall–Kier alpha value is -1.28. The van der Waals surface area contributed by atoms with E-state index in [-0.39, 0.29) is 0 Å². The monoisotopic (exact) mass is 176 g/mol. The van der Waals surface area contributed by atoms with Crippen LogP contribution in [0.3, 0.4) is 0 Å². The second-order valence-electron chi connectivity index (χ2n) is 3.25. The van der Waals surface area contributed by atoms with Crippen LogP contribution in [0.1, 0.15) is 8.30 Å². The van der Waals surface area contributed by atoms with Crippen LogP contribution in [0.25, 0.3) is 10.9 Å². The third kappa shape index (κ3) is 1.58. The van der Waals surface area contributed by atoms with Crippen LogP contribution < -0.4 is 0 Å². The summed E-state index contributed by atoms with van der Waals surface area (Å²) >= 11 is 0. The number of rotatable bonds is 2. The second-order valence-corrected chi connectivity index (χ2v) is 3.25. The van der Waals surface area contributed by atoms with E-state index >= 15 is 0 Å². The molecule has 2 aromatic rings. The van der Waals surface area contributed by atoms with Gasteiger partial charge in [0.1, 0.15) is 0 Å². The molecule has 0 spiro atoms. The summed E-state index contributed by atoms with van der Waals surface area (Å²) in [7, 11) is 3.48. The minimum absolute atomic E-state index is 0.683. The van der Waals surface area contributed by atoms with Crippen LogP contribution in [0, 0.1) is 0 Å². The predicted molar refractivity (Wildman–Crippen MR) is 55.7 cm³/mol. The molecule has 0 aliphatic rings. The number of hydrogen-bond acceptors (Lipinski definition) is 1. The summed E-state index contributed by atoms with van der Waals surface area (Å²) in [5.74, 6) is 0. The number of benzene rings is 1. The number of para-hydroxylation sites is 1. The van der Waals surface area contributed by atoms with E-state index in [4.69, 9.17) is 2.74 Å². The van der Waals surface area contributed by atoms with Crippen LogP contribution in [0.5, 0.6) is 0 Å². The first-order chi connectivity index (χ1) is 7.03. The fourth-order valence-corrected chi connectivity index (χ4v) is 1.40. The number of hydrogen-bond donors (Lipinski definition) is 1. The highest BCUT2D eigenvalue weighted by molar-refractivity contribution is 5.82. The first kappa shape index (κ1) is 6.22. The Labute approximate surface area is 81.0 Å². The van der Waals surface area contributed by atoms with Crippen molar-refractivity contribution in [1.82, 2.24) is 9.88 Å². The minimum Gasteiger partial charge on any atom is -0.361 e. The Bertz CT molecular complexity index is 474. The molecule has 1 aromatic heterocycles. The van der Waals surface area contributed by atoms with Crippen LogP contribution in [0.4, 0.5) is 0 Å². The van der Waals surface area contributed by atoms with Crippen LogP contribution in [-0.2, 0) is 6.50 Å². The fraction of sp³-hybridized carbons (Fsp3) is 0.273. The van der Waals surface area contributed by atoms with E-state index < -0.39 is 6.50 Å². The van der Waals surface area contributed by atoms with Gasteiger partial charge in [-0.1, -0.05) is 18.2 Å². The van der Waals surface area contributed by atoms with Gasteiger partial charge in [-0.15, -0.1) is 0 Å². The molecule has 2 rings (SSSR count). The lowest BCUT2D eigenvalue weighted by Crippen LogP contribution is -2.09. The molecule has 1 heterocycles. The zero-order chi connectivity index (χ0) is 11.1. The third-order valence-corrected chi connectivity index (χ3v) is 1.93. The van der Waals surface area contributed by atoms with E-state index in [1.54, 1.807) is 25.2 Å². The predicted octanol–water partition coefficient (Wildman–Crippen LogP) is 2.23. The van der Waals surface area contributed by atoms with Crippen molar-refractivity contribution < 1.29 is 2.74 Å². The number of fused-ring (bicyclic) bond motifs is 1. The third-order valence-electron chi connectivity index (χ3n) is 1.93. The highest BCUT2D eigenvalue weighted by Gasteiger charge is 2.02. The van der Waals surface area contributed by atoms with Crippen molar-refractivity contribution in [2.24, 2.45) is 0 Å². The van der Waals surface area contributed by atoms with Crippen molar-refractivity contribution in [3.8, 4) is 0 Å². The summed E-state index contributed by atoms with van der Waals surface area (Å²) in [4.78, 5) is 4.65. The molecule has 1 N–H and O–H groups in total. The Morgan fingerprint density at radius 3 is 2.92 bits per heavy atom. The van der Waals surface area contributed by atoms with Gasteiger partial charge in [-0.2, -0.15) is 0 Å². The lowest BCUT2D eigenvalue weighted by molar-refractivity contribution is 0.404. The van der Waals surface area contributed by atoms with E-state index in [1.807, 2.05) is 24.3 Å². The lowest BCUT2D eigenvalue weighted by Gasteiger charge is -2.07. The van der Waals surface area contributed by atoms with E-state index in [0.717, 1.165) is 10.9 Å². The molecule has 0 saturated carbocycles. The highest BCUT2D eigenvalue weighted by atomic mass is 15.0. The van der Waals surface area contributed by atoms with Gasteiger partial charge in [-0.3, -0.25) is 0 Å². The van der Waals surface area contributed by atoms with Crippen molar-refractivity contribution in [3.05, 3.63) is 36.0 Å². The molecule has 13 heavy (non-hydrogen) atoms. The van der Waals surface area contributed by atoms with Gasteiger partial charge < -0.3 is 9.88 Å². The average Bonchev–Trinajstić information content (AvgIpc) is 2.61. The summed E-state index contributed by atoms with van der Waals surface area (Å²) in [6.07, 6.45) is 1.74. The normalized spacial score (nSPS) is 14.7. The summed E-state index contributed by atoms with van der Waals surface area (Å²) in [6, 6.07) is 7.74. The molecule has 0 atom stereocenters. The van der Waals surface area contributed by atoms with Gasteiger partial charge in [-0.05, 0) is 25.7 Å². The summed E-state index contributed by atoms with van der Waals surface area (Å²) in [5, 5.41) is 0.941. The van der Waals surface area contributed by atoms with Crippen molar-refractivity contribution in [1.29, 1.82) is 0 Å². The van der Waals surface area contributed by atoms with Gasteiger partial charge in [0.2, 0.25) is 0 Å². The number of nitrogens with one attached hydrogen (secondary N) is 1. The molecule has 0 saturated heterocycles. The Balaban J connectivity index is 2.62. The van der Waals surface area contributed by atoms with Crippen LogP contribution >= 0.6 is 0 Å². The van der Waals surface area contributed by atoms with Gasteiger partial charge >= 0.3 is 0 Å². The molecule has 0 radical (unpaired) electrons. The largest absolute Gasteiger partial charge is 0.361 e. The van der Waals surface area contributed by atoms with Crippen molar-refractivity contribution in [2.45, 2.75) is 6.50 Å². The number of aromatic amines is 1. The molecule has 2 nitrogen and oxygen atoms in total. The quantitative estimate of drug-likeness (QED) is 0.743. The Morgan fingerprint density at radius 1 is 1.38 bits per heavy atom. The van der Waals surface area contributed by atoms with Gasteiger partial charge in [0.05, 0.1) is 0 Å². The lowest BCUT2D eigenvalue weighted by atomic mass is 10.2. The smallest absolute Gasteiger partial charge is 0.0482 e. The molecule has 0 fully saturated rings. The topological polar surface area (TPSA) is 19.0 Å². The Morgan fingerprint density at radius 2 is 2.15 bits per heavy atom. The van der Waals surface area contributed by atoms with E-state index in [9.17, 15) is 0 Å². The zero-order valence-corrected chi connectivity index (χ0v) is 7.83. The van der Waals surface area contributed by atoms with Crippen molar-refractivity contribution >= 4 is 10.9 Å². The first-order valence-corrected chi connectivity index (χ1v) is 4.27. The first-order valence-electron chi connectivity index (χ1n) is 5.27. The molecule has 0 bridgehead atoms. The van der Waals surface area contributed by atoms with Crippen molar-refractivity contribution in [3.63, 3.8) is 0 Å². The molecule has 1 aromatic carbocycles. The molecule has 0 aliphatic heterocycles. The molecule has 0 unspecified atom stereocenters. The SMILES string of the molecule is [2H]C([2H])(c1c[nH]c2ccccc12)N(C)C. The summed E-state index contributed by atoms with van der Waals surface area (Å²) in [5.41, 5.74) is 1.65. The average molecular weight is 176 g/mol. The standard InChI is InChI=1S/C11H14N2/c1-13(2)8-9-7-12-11-6-4-3-5-10(9)11/h3-7,12H,8H2,1-2H3/i8D2.